The number of benzene rings is 3. The van der Waals surface area contributed by atoms with Crippen molar-refractivity contribution in [2.45, 2.75) is 25.4 Å². The maximum Gasteiger partial charge on any atom is 0.294 e. The Hall–Kier alpha value is -4.32. The Kier molecular flexibility index (Phi) is 6.35. The van der Waals surface area contributed by atoms with Gasteiger partial charge in [-0.3, -0.25) is 9.59 Å². The Morgan fingerprint density at radius 3 is 2.31 bits per heavy atom. The van der Waals surface area contributed by atoms with E-state index in [-0.39, 0.29) is 36.3 Å². The molecular weight excluding hydrogens is 440 g/mol. The second-order valence-electron chi connectivity index (χ2n) is 8.51. The van der Waals surface area contributed by atoms with Gasteiger partial charge in [0, 0.05) is 17.4 Å². The minimum atomic E-state index is -0.267. The molecule has 1 aromatic heterocycles. The van der Waals surface area contributed by atoms with E-state index in [0.29, 0.717) is 12.2 Å². The highest BCUT2D eigenvalue weighted by Gasteiger charge is 2.39. The van der Waals surface area contributed by atoms with Crippen LogP contribution in [0.3, 0.4) is 0 Å². The van der Waals surface area contributed by atoms with Crippen molar-refractivity contribution in [2.24, 2.45) is 0 Å². The maximum absolute atomic E-state index is 13.6. The molecule has 0 unspecified atom stereocenters. The lowest BCUT2D eigenvalue weighted by Crippen LogP contribution is -2.48. The second-order valence-corrected chi connectivity index (χ2v) is 8.51. The van der Waals surface area contributed by atoms with E-state index in [1.54, 1.807) is 21.9 Å². The molecule has 0 radical (unpaired) electrons. The lowest BCUT2D eigenvalue weighted by Gasteiger charge is -2.43. The van der Waals surface area contributed by atoms with Crippen LogP contribution in [0.1, 0.15) is 35.5 Å². The summed E-state index contributed by atoms with van der Waals surface area (Å²) < 4.78 is 11.2. The third-order valence-corrected chi connectivity index (χ3v) is 6.23. The Bertz CT molecular complexity index is 1290. The third kappa shape index (κ3) is 4.55. The molecule has 0 aliphatic carbocycles. The molecule has 0 N–H and O–H groups in total. The van der Waals surface area contributed by atoms with E-state index < -0.39 is 0 Å². The number of carbonyl (C=O) groups excluding carboxylic acids is 2. The van der Waals surface area contributed by atoms with Gasteiger partial charge in [0.15, 0.2) is 12.4 Å². The predicted octanol–water partition coefficient (Wildman–Crippen LogP) is 5.87. The van der Waals surface area contributed by atoms with Gasteiger partial charge in [-0.25, -0.2) is 0 Å². The van der Waals surface area contributed by atoms with Gasteiger partial charge in [-0.15, -0.1) is 0 Å². The number of hydrogen-bond donors (Lipinski definition) is 0. The summed E-state index contributed by atoms with van der Waals surface area (Å²) >= 11 is 0. The quantitative estimate of drug-likeness (QED) is 0.356. The van der Waals surface area contributed by atoms with Crippen molar-refractivity contribution in [1.82, 2.24) is 0 Å². The molecule has 0 saturated carbocycles. The minimum absolute atomic E-state index is 0.0962. The lowest BCUT2D eigenvalue weighted by molar-refractivity contribution is -0.121. The molecule has 0 saturated heterocycles. The van der Waals surface area contributed by atoms with Crippen LogP contribution < -0.4 is 14.5 Å². The summed E-state index contributed by atoms with van der Waals surface area (Å²) in [6.45, 7) is 1.90. The molecule has 2 atom stereocenters. The van der Waals surface area contributed by atoms with Gasteiger partial charge >= 0.3 is 0 Å². The zero-order chi connectivity index (χ0) is 24.2. The molecule has 6 heteroatoms. The number of fused-ring (bicyclic) bond motifs is 1. The minimum Gasteiger partial charge on any atom is -0.484 e. The van der Waals surface area contributed by atoms with Crippen molar-refractivity contribution >= 4 is 23.2 Å². The number of nitrogens with zero attached hydrogens (tertiary/aromatic N) is 2. The summed E-state index contributed by atoms with van der Waals surface area (Å²) in [5, 5.41) is 0. The first-order chi connectivity index (χ1) is 17.1. The van der Waals surface area contributed by atoms with Crippen LogP contribution in [0.25, 0.3) is 0 Å². The van der Waals surface area contributed by atoms with Gasteiger partial charge in [0.25, 0.3) is 11.8 Å². The van der Waals surface area contributed by atoms with Gasteiger partial charge < -0.3 is 19.0 Å². The summed E-state index contributed by atoms with van der Waals surface area (Å²) in [7, 11) is 0. The second kappa shape index (κ2) is 9.89. The first kappa shape index (κ1) is 22.5. The Morgan fingerprint density at radius 2 is 1.60 bits per heavy atom. The number of furan rings is 1. The number of ether oxygens (including phenoxy) is 1. The summed E-state index contributed by atoms with van der Waals surface area (Å²) in [5.41, 5.74) is 2.46. The van der Waals surface area contributed by atoms with Crippen molar-refractivity contribution in [3.8, 4) is 5.75 Å². The number of amides is 2. The molecule has 0 bridgehead atoms. The maximum atomic E-state index is 13.6. The highest BCUT2D eigenvalue weighted by molar-refractivity contribution is 6.06. The number of rotatable bonds is 6. The Balaban J connectivity index is 1.51. The molecule has 35 heavy (non-hydrogen) atoms. The number of carbonyl (C=O) groups is 2. The van der Waals surface area contributed by atoms with Crippen molar-refractivity contribution in [1.29, 1.82) is 0 Å². The first-order valence-corrected chi connectivity index (χ1v) is 11.6. The van der Waals surface area contributed by atoms with Crippen LogP contribution in [0.4, 0.5) is 11.4 Å². The molecule has 1 aliphatic rings. The van der Waals surface area contributed by atoms with E-state index in [4.69, 9.17) is 9.15 Å². The molecule has 4 aromatic rings. The molecule has 6 nitrogen and oxygen atoms in total. The van der Waals surface area contributed by atoms with E-state index in [9.17, 15) is 9.59 Å². The van der Waals surface area contributed by atoms with Crippen LogP contribution in [0.5, 0.6) is 5.75 Å². The lowest BCUT2D eigenvalue weighted by atomic mass is 9.89. The van der Waals surface area contributed by atoms with Gasteiger partial charge in [-0.1, -0.05) is 54.6 Å². The van der Waals surface area contributed by atoms with Crippen molar-refractivity contribution in [3.05, 3.63) is 115 Å². The first-order valence-electron chi connectivity index (χ1n) is 11.6. The van der Waals surface area contributed by atoms with Crippen LogP contribution in [-0.4, -0.2) is 24.5 Å². The molecule has 1 aliphatic heterocycles. The topological polar surface area (TPSA) is 63.0 Å². The fourth-order valence-corrected chi connectivity index (χ4v) is 4.67. The number of para-hydroxylation sites is 3. The monoisotopic (exact) mass is 466 g/mol. The summed E-state index contributed by atoms with van der Waals surface area (Å²) in [6.07, 6.45) is 2.06. The molecule has 0 spiro atoms. The zero-order valence-corrected chi connectivity index (χ0v) is 19.4. The van der Waals surface area contributed by atoms with E-state index in [2.05, 4.69) is 0 Å². The molecule has 2 amide bonds. The van der Waals surface area contributed by atoms with Gasteiger partial charge in [0.05, 0.1) is 12.3 Å². The predicted molar refractivity (Wildman–Crippen MR) is 135 cm³/mol. The average molecular weight is 467 g/mol. The standard InChI is InChI=1S/C29H26N2O4/c1-21-19-26(24-15-8-9-16-25(24)30(21)29(33)27-17-10-18-34-27)31(22-11-4-2-5-12-22)28(32)20-35-23-13-6-3-7-14-23/h2-18,21,26H,19-20H2,1H3/t21-,26-/m0/s1. The SMILES string of the molecule is C[C@H]1C[C@H](N(C(=O)COc2ccccc2)c2ccccc2)c2ccccc2N1C(=O)c1ccco1. The Labute approximate surface area is 204 Å². The summed E-state index contributed by atoms with van der Waals surface area (Å²) in [6, 6.07) is 29.6. The van der Waals surface area contributed by atoms with E-state index in [0.717, 1.165) is 16.9 Å². The third-order valence-electron chi connectivity index (χ3n) is 6.23. The van der Waals surface area contributed by atoms with Crippen molar-refractivity contribution < 1.29 is 18.7 Å². The highest BCUT2D eigenvalue weighted by Crippen LogP contribution is 2.42. The molecule has 176 valence electrons. The van der Waals surface area contributed by atoms with Crippen LogP contribution in [-0.2, 0) is 4.79 Å². The van der Waals surface area contributed by atoms with Crippen molar-refractivity contribution in [2.75, 3.05) is 16.4 Å². The van der Waals surface area contributed by atoms with Gasteiger partial charge in [-0.05, 0) is 61.4 Å². The van der Waals surface area contributed by atoms with Crippen LogP contribution in [0.2, 0.25) is 0 Å². The van der Waals surface area contributed by atoms with Gasteiger partial charge in [0.2, 0.25) is 0 Å². The Morgan fingerprint density at radius 1 is 0.914 bits per heavy atom. The number of hydrogen-bond acceptors (Lipinski definition) is 4. The zero-order valence-electron chi connectivity index (χ0n) is 19.4. The fourth-order valence-electron chi connectivity index (χ4n) is 4.67. The molecule has 5 rings (SSSR count). The fraction of sp³-hybridized carbons (Fsp3) is 0.172. The van der Waals surface area contributed by atoms with Gasteiger partial charge in [-0.2, -0.15) is 0 Å². The smallest absolute Gasteiger partial charge is 0.294 e. The van der Waals surface area contributed by atoms with E-state index >= 15 is 0 Å². The van der Waals surface area contributed by atoms with E-state index in [1.807, 2.05) is 91.9 Å². The largest absolute Gasteiger partial charge is 0.484 e. The molecule has 0 fully saturated rings. The van der Waals surface area contributed by atoms with Crippen LogP contribution >= 0.6 is 0 Å². The molecule has 3 aromatic carbocycles. The summed E-state index contributed by atoms with van der Waals surface area (Å²) in [4.78, 5) is 30.5. The van der Waals surface area contributed by atoms with E-state index in [1.165, 1.54) is 6.26 Å². The number of anilines is 2. The van der Waals surface area contributed by atoms with Gasteiger partial charge in [0.1, 0.15) is 5.75 Å². The normalized spacial score (nSPS) is 16.9. The highest BCUT2D eigenvalue weighted by atomic mass is 16.5. The summed E-state index contributed by atoms with van der Waals surface area (Å²) in [5.74, 6) is 0.579. The average Bonchev–Trinajstić information content (AvgIpc) is 3.44. The van der Waals surface area contributed by atoms with Crippen LogP contribution in [0, 0.1) is 0 Å². The molecule has 2 heterocycles. The molecular formula is C29H26N2O4. The van der Waals surface area contributed by atoms with Crippen molar-refractivity contribution in [3.63, 3.8) is 0 Å². The van der Waals surface area contributed by atoms with Crippen LogP contribution in [0.15, 0.2) is 108 Å².